The van der Waals surface area contributed by atoms with Crippen molar-refractivity contribution in [1.82, 2.24) is 10.9 Å². The first-order chi connectivity index (χ1) is 14.4. The number of non-ortho nitro benzene ring substituents is 1. The van der Waals surface area contributed by atoms with Gasteiger partial charge in [-0.2, -0.15) is 0 Å². The van der Waals surface area contributed by atoms with Gasteiger partial charge in [0.15, 0.2) is 0 Å². The first-order valence-electron chi connectivity index (χ1n) is 8.65. The summed E-state index contributed by atoms with van der Waals surface area (Å²) >= 11 is 0. The molecule has 30 heavy (non-hydrogen) atoms. The van der Waals surface area contributed by atoms with Crippen LogP contribution in [0.25, 0.3) is 11.1 Å². The molecule has 0 aliphatic rings. The summed E-state index contributed by atoms with van der Waals surface area (Å²) in [5.74, 6) is -2.45. The number of benzene rings is 3. The zero-order chi connectivity index (χ0) is 21.7. The summed E-state index contributed by atoms with van der Waals surface area (Å²) in [6.07, 6.45) is 0. The summed E-state index contributed by atoms with van der Waals surface area (Å²) in [7, 11) is 0. The molecular formula is C21H15N3O6. The second-order valence-electron chi connectivity index (χ2n) is 6.11. The van der Waals surface area contributed by atoms with Crippen molar-refractivity contribution in [3.05, 3.63) is 99.6 Å². The molecule has 150 valence electrons. The topological polar surface area (TPSA) is 139 Å². The molecule has 3 aromatic rings. The first kappa shape index (κ1) is 20.2. The van der Waals surface area contributed by atoms with Gasteiger partial charge in [0.25, 0.3) is 17.5 Å². The Kier molecular flexibility index (Phi) is 5.83. The number of carbonyl (C=O) groups is 3. The molecule has 0 unspecified atom stereocenters. The first-order valence-corrected chi connectivity index (χ1v) is 8.65. The molecule has 9 heteroatoms. The smallest absolute Gasteiger partial charge is 0.336 e. The van der Waals surface area contributed by atoms with Gasteiger partial charge in [-0.05, 0) is 35.4 Å². The van der Waals surface area contributed by atoms with Crippen LogP contribution in [0, 0.1) is 10.1 Å². The molecule has 0 aromatic heterocycles. The second-order valence-corrected chi connectivity index (χ2v) is 6.11. The lowest BCUT2D eigenvalue weighted by Gasteiger charge is -2.13. The minimum Gasteiger partial charge on any atom is -0.478 e. The van der Waals surface area contributed by atoms with E-state index in [1.807, 2.05) is 0 Å². The normalized spacial score (nSPS) is 10.1. The van der Waals surface area contributed by atoms with Crippen molar-refractivity contribution in [2.75, 3.05) is 0 Å². The lowest BCUT2D eigenvalue weighted by molar-refractivity contribution is -0.384. The third-order valence-electron chi connectivity index (χ3n) is 4.25. The predicted octanol–water partition coefficient (Wildman–Crippen LogP) is 3.03. The number of nitro benzene ring substituents is 1. The van der Waals surface area contributed by atoms with Gasteiger partial charge < -0.3 is 5.11 Å². The Morgan fingerprint density at radius 3 is 1.80 bits per heavy atom. The van der Waals surface area contributed by atoms with E-state index in [2.05, 4.69) is 10.9 Å². The van der Waals surface area contributed by atoms with Crippen molar-refractivity contribution in [1.29, 1.82) is 0 Å². The van der Waals surface area contributed by atoms with Crippen LogP contribution in [0.5, 0.6) is 0 Å². The van der Waals surface area contributed by atoms with Crippen molar-refractivity contribution in [3.8, 4) is 11.1 Å². The number of aromatic carboxylic acids is 1. The highest BCUT2D eigenvalue weighted by atomic mass is 16.6. The highest BCUT2D eigenvalue weighted by molar-refractivity contribution is 6.05. The summed E-state index contributed by atoms with van der Waals surface area (Å²) < 4.78 is 0. The Morgan fingerprint density at radius 1 is 0.733 bits per heavy atom. The Morgan fingerprint density at radius 2 is 1.23 bits per heavy atom. The van der Waals surface area contributed by atoms with Gasteiger partial charge in [0.2, 0.25) is 0 Å². The van der Waals surface area contributed by atoms with Crippen molar-refractivity contribution < 1.29 is 24.4 Å². The van der Waals surface area contributed by atoms with E-state index in [1.54, 1.807) is 36.4 Å². The fourth-order valence-corrected chi connectivity index (χ4v) is 2.81. The minimum absolute atomic E-state index is 0.0349. The summed E-state index contributed by atoms with van der Waals surface area (Å²) in [6.45, 7) is 0. The number of amides is 2. The highest BCUT2D eigenvalue weighted by Gasteiger charge is 2.18. The van der Waals surface area contributed by atoms with Gasteiger partial charge in [-0.3, -0.25) is 30.6 Å². The molecule has 0 aliphatic heterocycles. The average Bonchev–Trinajstić information content (AvgIpc) is 2.77. The van der Waals surface area contributed by atoms with E-state index in [-0.39, 0.29) is 22.4 Å². The van der Waals surface area contributed by atoms with Crippen LogP contribution in [0.1, 0.15) is 31.1 Å². The monoisotopic (exact) mass is 405 g/mol. The number of hydrogen-bond donors (Lipinski definition) is 3. The Labute approximate surface area is 170 Å². The molecule has 3 N–H and O–H groups in total. The zero-order valence-electron chi connectivity index (χ0n) is 15.4. The predicted molar refractivity (Wildman–Crippen MR) is 107 cm³/mol. The van der Waals surface area contributed by atoms with E-state index in [0.29, 0.717) is 11.1 Å². The Hall–Kier alpha value is -4.53. The third-order valence-corrected chi connectivity index (χ3v) is 4.25. The lowest BCUT2D eigenvalue weighted by atomic mass is 9.95. The maximum Gasteiger partial charge on any atom is 0.336 e. The largest absolute Gasteiger partial charge is 0.478 e. The molecule has 2 amide bonds. The summed E-state index contributed by atoms with van der Waals surface area (Å²) in [5, 5.41) is 20.1. The Balaban J connectivity index is 1.79. The zero-order valence-corrected chi connectivity index (χ0v) is 15.4. The van der Waals surface area contributed by atoms with Crippen LogP contribution in [0.4, 0.5) is 5.69 Å². The SMILES string of the molecule is O=C(NNC(=O)c1ccccc1-c1ccccc1C(=O)O)c1ccc([N+](=O)[O-])cc1. The molecule has 0 spiro atoms. The number of carbonyl (C=O) groups excluding carboxylic acids is 2. The molecule has 0 heterocycles. The van der Waals surface area contributed by atoms with Crippen molar-refractivity contribution in [2.24, 2.45) is 0 Å². The molecule has 0 saturated carbocycles. The van der Waals surface area contributed by atoms with E-state index in [9.17, 15) is 29.6 Å². The van der Waals surface area contributed by atoms with E-state index in [0.717, 1.165) is 0 Å². The van der Waals surface area contributed by atoms with E-state index in [1.165, 1.54) is 36.4 Å². The number of carboxylic acids is 1. The molecule has 9 nitrogen and oxygen atoms in total. The standard InChI is InChI=1S/C21H15N3O6/c25-19(13-9-11-14(12-10-13)24(29)30)22-23-20(26)17-7-3-1-5-15(17)16-6-2-4-8-18(16)21(27)28/h1-12H,(H,22,25)(H,23,26)(H,27,28). The molecule has 0 bridgehead atoms. The van der Waals surface area contributed by atoms with Gasteiger partial charge in [0, 0.05) is 23.3 Å². The van der Waals surface area contributed by atoms with Gasteiger partial charge >= 0.3 is 5.97 Å². The molecule has 3 rings (SSSR count). The number of nitrogens with one attached hydrogen (secondary N) is 2. The minimum atomic E-state index is -1.13. The van der Waals surface area contributed by atoms with Crippen molar-refractivity contribution in [3.63, 3.8) is 0 Å². The lowest BCUT2D eigenvalue weighted by Crippen LogP contribution is -2.41. The molecule has 0 atom stereocenters. The fourth-order valence-electron chi connectivity index (χ4n) is 2.81. The Bertz CT molecular complexity index is 1140. The number of rotatable bonds is 5. The van der Waals surface area contributed by atoms with Gasteiger partial charge in [0.05, 0.1) is 10.5 Å². The summed E-state index contributed by atoms with van der Waals surface area (Å²) in [6, 6.07) is 17.5. The van der Waals surface area contributed by atoms with Crippen molar-refractivity contribution >= 4 is 23.5 Å². The molecule has 0 saturated heterocycles. The number of hydrogen-bond acceptors (Lipinski definition) is 5. The van der Waals surface area contributed by atoms with Crippen LogP contribution in [0.2, 0.25) is 0 Å². The number of hydrazine groups is 1. The molecule has 0 fully saturated rings. The fraction of sp³-hybridized carbons (Fsp3) is 0. The van der Waals surface area contributed by atoms with Crippen LogP contribution < -0.4 is 10.9 Å². The molecule has 0 aliphatic carbocycles. The molecular weight excluding hydrogens is 390 g/mol. The van der Waals surface area contributed by atoms with Gasteiger partial charge in [-0.25, -0.2) is 4.79 Å². The number of carboxylic acid groups (broad SMARTS) is 1. The van der Waals surface area contributed by atoms with E-state index in [4.69, 9.17) is 0 Å². The van der Waals surface area contributed by atoms with Crippen LogP contribution in [-0.2, 0) is 0 Å². The maximum atomic E-state index is 12.6. The third kappa shape index (κ3) is 4.30. The van der Waals surface area contributed by atoms with Crippen LogP contribution >= 0.6 is 0 Å². The summed E-state index contributed by atoms with van der Waals surface area (Å²) in [4.78, 5) is 46.4. The van der Waals surface area contributed by atoms with Crippen molar-refractivity contribution in [2.45, 2.75) is 0 Å². The van der Waals surface area contributed by atoms with Crippen LogP contribution in [0.15, 0.2) is 72.8 Å². The van der Waals surface area contributed by atoms with Crippen LogP contribution in [-0.4, -0.2) is 27.8 Å². The van der Waals surface area contributed by atoms with Gasteiger partial charge in [-0.1, -0.05) is 36.4 Å². The van der Waals surface area contributed by atoms with Crippen LogP contribution in [0.3, 0.4) is 0 Å². The molecule has 3 aromatic carbocycles. The quantitative estimate of drug-likeness (QED) is 0.440. The summed E-state index contributed by atoms with van der Waals surface area (Å²) in [5.41, 5.74) is 5.40. The second kappa shape index (κ2) is 8.65. The number of nitrogens with zero attached hydrogens (tertiary/aromatic N) is 1. The van der Waals surface area contributed by atoms with E-state index < -0.39 is 22.7 Å². The van der Waals surface area contributed by atoms with Gasteiger partial charge in [0.1, 0.15) is 0 Å². The molecule has 0 radical (unpaired) electrons. The highest BCUT2D eigenvalue weighted by Crippen LogP contribution is 2.27. The van der Waals surface area contributed by atoms with E-state index >= 15 is 0 Å². The average molecular weight is 405 g/mol. The maximum absolute atomic E-state index is 12.6. The number of nitro groups is 1. The van der Waals surface area contributed by atoms with Gasteiger partial charge in [-0.15, -0.1) is 0 Å².